The smallest absolute Gasteiger partial charge is 0.491 e. The summed E-state index contributed by atoms with van der Waals surface area (Å²) < 4.78 is 47.7. The van der Waals surface area contributed by atoms with E-state index in [1.807, 2.05) is 13.8 Å². The second-order valence-electron chi connectivity index (χ2n) is 3.92. The van der Waals surface area contributed by atoms with Crippen LogP contribution < -0.4 is 61.6 Å². The molecule has 0 N–H and O–H groups in total. The molecule has 0 radical (unpaired) electrons. The van der Waals surface area contributed by atoms with Crippen molar-refractivity contribution in [1.29, 1.82) is 0 Å². The van der Waals surface area contributed by atoms with Gasteiger partial charge < -0.3 is 22.4 Å². The molecule has 0 unspecified atom stereocenters. The maximum Gasteiger partial charge on any atom is 1.00 e. The molecule has 2 nitrogen and oxygen atoms in total. The van der Waals surface area contributed by atoms with Gasteiger partial charge in [0, 0.05) is 0 Å². The number of rotatable bonds is 6. The van der Waals surface area contributed by atoms with E-state index < -0.39 is 12.4 Å². The molecule has 0 saturated heterocycles. The molecule has 0 saturated carbocycles. The minimum absolute atomic E-state index is 0. The van der Waals surface area contributed by atoms with Gasteiger partial charge in [-0.25, -0.2) is 0 Å². The Labute approximate surface area is 148 Å². The van der Waals surface area contributed by atoms with Crippen molar-refractivity contribution in [3.8, 4) is 5.75 Å². The molecule has 0 aliphatic carbocycles. The average Bonchev–Trinajstić information content (AvgIpc) is 2.23. The molecule has 0 bridgehead atoms. The fourth-order valence-electron chi connectivity index (χ4n) is 1.25. The van der Waals surface area contributed by atoms with Crippen molar-refractivity contribution in [1.82, 2.24) is 0 Å². The fourth-order valence-corrected chi connectivity index (χ4v) is 1.25. The van der Waals surface area contributed by atoms with Gasteiger partial charge in [-0.1, -0.05) is 12.1 Å². The summed E-state index contributed by atoms with van der Waals surface area (Å²) in [4.78, 5) is 0. The van der Waals surface area contributed by atoms with Crippen LogP contribution in [0.25, 0.3) is 0 Å². The molecule has 0 aliphatic heterocycles. The van der Waals surface area contributed by atoms with E-state index in [1.165, 1.54) is 12.1 Å². The van der Waals surface area contributed by atoms with Crippen LogP contribution in [0.2, 0.25) is 0 Å². The first-order chi connectivity index (χ1) is 7.89. The van der Waals surface area contributed by atoms with Crippen LogP contribution in [0, 0.1) is 0 Å². The van der Waals surface area contributed by atoms with E-state index >= 15 is 0 Å². The van der Waals surface area contributed by atoms with E-state index in [-0.39, 0.29) is 69.8 Å². The zero-order valence-corrected chi connectivity index (χ0v) is 14.0. The van der Waals surface area contributed by atoms with Gasteiger partial charge in [0.05, 0.1) is 12.7 Å². The Morgan fingerprint density at radius 1 is 1.17 bits per heavy atom. The van der Waals surface area contributed by atoms with Gasteiger partial charge in [0.25, 0.3) is 0 Å². The number of halogens is 3. The molecular weight excluding hydrogens is 271 g/mol. The third-order valence-corrected chi connectivity index (χ3v) is 2.04. The molecule has 96 valence electrons. The number of benzene rings is 1. The van der Waals surface area contributed by atoms with Crippen LogP contribution in [0.1, 0.15) is 13.8 Å². The van der Waals surface area contributed by atoms with Gasteiger partial charge in [-0.2, -0.15) is 0 Å². The van der Waals surface area contributed by atoms with Gasteiger partial charge >= 0.3 is 58.4 Å². The normalized spacial score (nSPS) is 11.2. The first-order valence-electron chi connectivity index (χ1n) is 5.44. The summed E-state index contributed by atoms with van der Waals surface area (Å²) in [6, 6.07) is 4.89. The minimum atomic E-state index is -4.97. The largest absolute Gasteiger partial charge is 1.00 e. The molecule has 1 aromatic rings. The van der Waals surface area contributed by atoms with Crippen molar-refractivity contribution >= 4 is 12.4 Å². The summed E-state index contributed by atoms with van der Waals surface area (Å²) in [6.45, 7) is -0.604. The van der Waals surface area contributed by atoms with Crippen molar-refractivity contribution in [2.75, 3.05) is 13.2 Å². The number of hydrogen-bond acceptors (Lipinski definition) is 2. The van der Waals surface area contributed by atoms with Crippen LogP contribution in [0.15, 0.2) is 24.3 Å². The molecule has 0 heterocycles. The molecular formula is C11H15BF3KO2. The summed E-state index contributed by atoms with van der Waals surface area (Å²) in [5.41, 5.74) is -0.646. The van der Waals surface area contributed by atoms with Crippen molar-refractivity contribution < 1.29 is 73.8 Å². The Kier molecular flexibility index (Phi) is 8.83. The quantitative estimate of drug-likeness (QED) is 0.521. The van der Waals surface area contributed by atoms with Gasteiger partial charge in [-0.15, -0.1) is 5.46 Å². The molecule has 0 fully saturated rings. The van der Waals surface area contributed by atoms with E-state index in [2.05, 4.69) is 0 Å². The molecule has 18 heavy (non-hydrogen) atoms. The Balaban J connectivity index is 0.00000289. The van der Waals surface area contributed by atoms with E-state index in [9.17, 15) is 12.9 Å². The summed E-state index contributed by atoms with van der Waals surface area (Å²) in [6.07, 6.45) is 0.0865. The summed E-state index contributed by atoms with van der Waals surface area (Å²) in [5.74, 6) is 0.217. The van der Waals surface area contributed by atoms with Crippen LogP contribution in [-0.4, -0.2) is 26.3 Å². The van der Waals surface area contributed by atoms with Crippen LogP contribution in [0.4, 0.5) is 12.9 Å². The van der Waals surface area contributed by atoms with Crippen LogP contribution in [0.3, 0.4) is 0 Å². The fraction of sp³-hybridized carbons (Fsp3) is 0.455. The third kappa shape index (κ3) is 7.16. The molecule has 0 aliphatic rings. The Hall–Kier alpha value is 0.471. The number of hydrogen-bond donors (Lipinski definition) is 0. The summed E-state index contributed by atoms with van der Waals surface area (Å²) >= 11 is 0. The molecule has 1 rings (SSSR count). The van der Waals surface area contributed by atoms with E-state index in [0.717, 1.165) is 12.1 Å². The standard InChI is InChI=1S/C11H15BF3O2.K/c1-9(2)16-6-7-17-11-5-3-4-10(8-11)12(13,14)15;/h3-5,8-9H,6-7H2,1-2H3;/q-1;+1. The van der Waals surface area contributed by atoms with Gasteiger partial charge in [0.15, 0.2) is 0 Å². The SMILES string of the molecule is CC(C)OCCOc1cccc([B-](F)(F)F)c1.[K+]. The Bertz CT molecular complexity index is 358. The molecule has 7 heteroatoms. The Morgan fingerprint density at radius 2 is 1.83 bits per heavy atom. The zero-order chi connectivity index (χ0) is 12.9. The monoisotopic (exact) mass is 286 g/mol. The predicted molar refractivity (Wildman–Crippen MR) is 61.7 cm³/mol. The van der Waals surface area contributed by atoms with E-state index in [1.54, 1.807) is 0 Å². The molecule has 0 aromatic heterocycles. The summed E-state index contributed by atoms with van der Waals surface area (Å²) in [7, 11) is 0. The average molecular weight is 286 g/mol. The first kappa shape index (κ1) is 18.5. The summed E-state index contributed by atoms with van der Waals surface area (Å²) in [5, 5.41) is 0. The molecule has 0 spiro atoms. The Morgan fingerprint density at radius 3 is 2.39 bits per heavy atom. The van der Waals surface area contributed by atoms with Gasteiger partial charge in [0.1, 0.15) is 12.4 Å². The van der Waals surface area contributed by atoms with E-state index in [4.69, 9.17) is 9.47 Å². The maximum atomic E-state index is 12.4. The van der Waals surface area contributed by atoms with Crippen molar-refractivity contribution in [3.63, 3.8) is 0 Å². The van der Waals surface area contributed by atoms with Gasteiger partial charge in [-0.05, 0) is 26.0 Å². The predicted octanol–water partition coefficient (Wildman–Crippen LogP) is -0.451. The third-order valence-electron chi connectivity index (χ3n) is 2.04. The zero-order valence-electron chi connectivity index (χ0n) is 10.8. The first-order valence-corrected chi connectivity index (χ1v) is 5.44. The van der Waals surface area contributed by atoms with Crippen molar-refractivity contribution in [2.45, 2.75) is 20.0 Å². The second-order valence-corrected chi connectivity index (χ2v) is 3.92. The van der Waals surface area contributed by atoms with Gasteiger partial charge in [-0.3, -0.25) is 0 Å². The van der Waals surface area contributed by atoms with Gasteiger partial charge in [0.2, 0.25) is 0 Å². The van der Waals surface area contributed by atoms with Crippen LogP contribution >= 0.6 is 0 Å². The maximum absolute atomic E-state index is 12.4. The second kappa shape index (κ2) is 8.60. The number of ether oxygens (including phenoxy) is 2. The van der Waals surface area contributed by atoms with Crippen molar-refractivity contribution in [2.24, 2.45) is 0 Å². The molecule has 1 aromatic carbocycles. The van der Waals surface area contributed by atoms with E-state index in [0.29, 0.717) is 6.61 Å². The minimum Gasteiger partial charge on any atom is -0.491 e. The van der Waals surface area contributed by atoms with Crippen molar-refractivity contribution in [3.05, 3.63) is 24.3 Å². The molecule has 0 amide bonds. The topological polar surface area (TPSA) is 18.5 Å². The van der Waals surface area contributed by atoms with Crippen LogP contribution in [0.5, 0.6) is 5.75 Å². The van der Waals surface area contributed by atoms with Crippen LogP contribution in [-0.2, 0) is 4.74 Å². The molecule has 0 atom stereocenters.